The fourth-order valence-electron chi connectivity index (χ4n) is 2.49. The van der Waals surface area contributed by atoms with Gasteiger partial charge in [-0.15, -0.1) is 22.7 Å². The van der Waals surface area contributed by atoms with E-state index in [1.54, 1.807) is 11.3 Å². The number of carboxylic acids is 1. The minimum atomic E-state index is -3.64. The average Bonchev–Trinajstić information content (AvgIpc) is 3.19. The van der Waals surface area contributed by atoms with Crippen LogP contribution >= 0.6 is 22.7 Å². The maximum absolute atomic E-state index is 12.7. The van der Waals surface area contributed by atoms with Crippen LogP contribution in [0.1, 0.15) is 33.4 Å². The number of rotatable bonds is 4. The molecule has 0 aliphatic carbocycles. The van der Waals surface area contributed by atoms with Crippen molar-refractivity contribution in [2.75, 3.05) is 6.54 Å². The van der Waals surface area contributed by atoms with Gasteiger partial charge >= 0.3 is 5.97 Å². The van der Waals surface area contributed by atoms with Crippen LogP contribution in [0.15, 0.2) is 33.9 Å². The van der Waals surface area contributed by atoms with Crippen LogP contribution in [0.2, 0.25) is 0 Å². The molecule has 21 heavy (non-hydrogen) atoms. The Morgan fingerprint density at radius 2 is 2.19 bits per heavy atom. The molecule has 2 aromatic rings. The summed E-state index contributed by atoms with van der Waals surface area (Å²) >= 11 is 2.49. The predicted molar refractivity (Wildman–Crippen MR) is 81.5 cm³/mol. The minimum Gasteiger partial charge on any atom is -0.477 e. The van der Waals surface area contributed by atoms with Gasteiger partial charge in [0, 0.05) is 16.8 Å². The second-order valence-corrected chi connectivity index (χ2v) is 8.52. The second-order valence-electron chi connectivity index (χ2n) is 4.74. The van der Waals surface area contributed by atoms with Crippen LogP contribution in [-0.2, 0) is 10.0 Å². The predicted octanol–water partition coefficient (Wildman–Crippen LogP) is 3.03. The van der Waals surface area contributed by atoms with Crippen LogP contribution in [0.4, 0.5) is 0 Å². The number of carboxylic acid groups (broad SMARTS) is 1. The molecular weight excluding hydrogens is 330 g/mol. The quantitative estimate of drug-likeness (QED) is 0.926. The second kappa shape index (κ2) is 5.53. The lowest BCUT2D eigenvalue weighted by Gasteiger charge is -2.22. The average molecular weight is 343 g/mol. The Morgan fingerprint density at radius 3 is 2.81 bits per heavy atom. The zero-order valence-electron chi connectivity index (χ0n) is 10.9. The molecule has 0 bridgehead atoms. The number of hydrogen-bond donors (Lipinski definition) is 1. The van der Waals surface area contributed by atoms with E-state index in [0.29, 0.717) is 6.54 Å². The fourth-order valence-corrected chi connectivity index (χ4v) is 6.21. The van der Waals surface area contributed by atoms with Gasteiger partial charge in [-0.3, -0.25) is 0 Å². The van der Waals surface area contributed by atoms with Crippen molar-refractivity contribution in [2.45, 2.75) is 23.8 Å². The van der Waals surface area contributed by atoms with Gasteiger partial charge in [-0.1, -0.05) is 6.07 Å². The van der Waals surface area contributed by atoms with Gasteiger partial charge in [0.15, 0.2) is 0 Å². The molecule has 0 saturated carbocycles. The number of aromatic carboxylic acids is 1. The zero-order valence-corrected chi connectivity index (χ0v) is 13.4. The molecule has 3 rings (SSSR count). The van der Waals surface area contributed by atoms with E-state index >= 15 is 0 Å². The number of nitrogens with zero attached hydrogens (tertiary/aromatic N) is 1. The number of carbonyl (C=O) groups is 1. The first-order chi connectivity index (χ1) is 10.00. The van der Waals surface area contributed by atoms with Gasteiger partial charge < -0.3 is 5.11 Å². The maximum Gasteiger partial charge on any atom is 0.345 e. The van der Waals surface area contributed by atoms with Crippen molar-refractivity contribution in [2.24, 2.45) is 0 Å². The SMILES string of the molecule is O=C(O)c1cc(S(=O)(=O)N2CCCC2c2cccs2)cs1. The van der Waals surface area contributed by atoms with Crippen molar-refractivity contribution in [1.29, 1.82) is 0 Å². The van der Waals surface area contributed by atoms with E-state index < -0.39 is 16.0 Å². The van der Waals surface area contributed by atoms with Crippen LogP contribution in [0.3, 0.4) is 0 Å². The summed E-state index contributed by atoms with van der Waals surface area (Å²) in [4.78, 5) is 12.1. The molecule has 8 heteroatoms. The molecule has 1 saturated heterocycles. The van der Waals surface area contributed by atoms with Crippen LogP contribution < -0.4 is 0 Å². The molecule has 5 nitrogen and oxygen atoms in total. The molecular formula is C13H13NO4S3. The summed E-state index contributed by atoms with van der Waals surface area (Å²) in [6.45, 7) is 0.475. The molecule has 0 spiro atoms. The van der Waals surface area contributed by atoms with Gasteiger partial charge in [0.1, 0.15) is 4.88 Å². The monoisotopic (exact) mass is 343 g/mol. The molecule has 1 fully saturated rings. The van der Waals surface area contributed by atoms with E-state index in [9.17, 15) is 13.2 Å². The number of thiophene rings is 2. The van der Waals surface area contributed by atoms with E-state index in [-0.39, 0.29) is 15.8 Å². The van der Waals surface area contributed by atoms with Crippen molar-refractivity contribution in [1.82, 2.24) is 4.31 Å². The van der Waals surface area contributed by atoms with Crippen molar-refractivity contribution < 1.29 is 18.3 Å². The highest BCUT2D eigenvalue weighted by Crippen LogP contribution is 2.39. The summed E-state index contributed by atoms with van der Waals surface area (Å²) in [6, 6.07) is 4.96. The minimum absolute atomic E-state index is 0.0421. The highest BCUT2D eigenvalue weighted by atomic mass is 32.2. The Balaban J connectivity index is 1.95. The Hall–Kier alpha value is -1.22. The third kappa shape index (κ3) is 2.64. The Labute approximate surface area is 130 Å². The van der Waals surface area contributed by atoms with Crippen LogP contribution in [0.5, 0.6) is 0 Å². The lowest BCUT2D eigenvalue weighted by atomic mass is 10.2. The molecule has 112 valence electrons. The molecule has 0 aromatic carbocycles. The van der Waals surface area contributed by atoms with E-state index in [1.165, 1.54) is 15.8 Å². The molecule has 1 aliphatic rings. The largest absolute Gasteiger partial charge is 0.477 e. The Kier molecular flexibility index (Phi) is 3.87. The van der Waals surface area contributed by atoms with Crippen molar-refractivity contribution in [3.63, 3.8) is 0 Å². The van der Waals surface area contributed by atoms with Crippen LogP contribution in [0, 0.1) is 0 Å². The zero-order chi connectivity index (χ0) is 15.0. The van der Waals surface area contributed by atoms with E-state index in [1.807, 2.05) is 17.5 Å². The molecule has 1 N–H and O–H groups in total. The van der Waals surface area contributed by atoms with E-state index in [2.05, 4.69) is 0 Å². The molecule has 0 radical (unpaired) electrons. The van der Waals surface area contributed by atoms with Gasteiger partial charge in [-0.25, -0.2) is 13.2 Å². The van der Waals surface area contributed by atoms with Gasteiger partial charge in [-0.2, -0.15) is 4.31 Å². The first kappa shape index (κ1) is 14.7. The van der Waals surface area contributed by atoms with E-state index in [0.717, 1.165) is 29.1 Å². The fraction of sp³-hybridized carbons (Fsp3) is 0.308. The van der Waals surface area contributed by atoms with Gasteiger partial charge in [0.25, 0.3) is 0 Å². The molecule has 1 atom stereocenters. The Bertz CT molecular complexity index is 748. The third-order valence-electron chi connectivity index (χ3n) is 3.47. The first-order valence-electron chi connectivity index (χ1n) is 6.37. The summed E-state index contributed by atoms with van der Waals surface area (Å²) < 4.78 is 26.9. The first-order valence-corrected chi connectivity index (χ1v) is 9.57. The summed E-state index contributed by atoms with van der Waals surface area (Å²) in [7, 11) is -3.64. The molecule has 0 amide bonds. The van der Waals surface area contributed by atoms with Crippen molar-refractivity contribution in [3.05, 3.63) is 38.7 Å². The highest BCUT2D eigenvalue weighted by Gasteiger charge is 2.37. The topological polar surface area (TPSA) is 74.7 Å². The summed E-state index contributed by atoms with van der Waals surface area (Å²) in [6.07, 6.45) is 1.62. The highest BCUT2D eigenvalue weighted by molar-refractivity contribution is 7.89. The van der Waals surface area contributed by atoms with Crippen LogP contribution in [0.25, 0.3) is 0 Å². The maximum atomic E-state index is 12.7. The summed E-state index contributed by atoms with van der Waals surface area (Å²) in [5.41, 5.74) is 0. The number of sulfonamides is 1. The molecule has 3 heterocycles. The standard InChI is InChI=1S/C13H13NO4S3/c15-13(16)12-7-9(8-20-12)21(17,18)14-5-1-3-10(14)11-4-2-6-19-11/h2,4,6-8,10H,1,3,5H2,(H,15,16). The number of hydrogen-bond acceptors (Lipinski definition) is 5. The summed E-state index contributed by atoms with van der Waals surface area (Å²) in [5, 5.41) is 12.3. The van der Waals surface area contributed by atoms with Gasteiger partial charge in [0.05, 0.1) is 10.9 Å². The van der Waals surface area contributed by atoms with E-state index in [4.69, 9.17) is 5.11 Å². The van der Waals surface area contributed by atoms with Crippen molar-refractivity contribution >= 4 is 38.7 Å². The molecule has 1 aliphatic heterocycles. The summed E-state index contributed by atoms with van der Waals surface area (Å²) in [5.74, 6) is -1.10. The lowest BCUT2D eigenvalue weighted by Crippen LogP contribution is -2.30. The Morgan fingerprint density at radius 1 is 1.38 bits per heavy atom. The van der Waals surface area contributed by atoms with Gasteiger partial charge in [-0.05, 0) is 30.4 Å². The van der Waals surface area contributed by atoms with Crippen LogP contribution in [-0.4, -0.2) is 30.3 Å². The third-order valence-corrected chi connectivity index (χ3v) is 7.39. The molecule has 1 unspecified atom stereocenters. The van der Waals surface area contributed by atoms with Crippen molar-refractivity contribution in [3.8, 4) is 0 Å². The van der Waals surface area contributed by atoms with Gasteiger partial charge in [0.2, 0.25) is 10.0 Å². The molecule has 2 aromatic heterocycles. The smallest absolute Gasteiger partial charge is 0.345 e. The normalized spacial score (nSPS) is 19.9. The lowest BCUT2D eigenvalue weighted by molar-refractivity contribution is 0.0702.